The molecule has 1 aromatic rings. The number of hydrogen-bond donors (Lipinski definition) is 1. The summed E-state index contributed by atoms with van der Waals surface area (Å²) < 4.78 is 16.1. The van der Waals surface area contributed by atoms with Gasteiger partial charge in [0.2, 0.25) is 0 Å². The predicted molar refractivity (Wildman–Crippen MR) is 79.5 cm³/mol. The van der Waals surface area contributed by atoms with Gasteiger partial charge < -0.3 is 19.9 Å². The van der Waals surface area contributed by atoms with Gasteiger partial charge in [0.1, 0.15) is 0 Å². The third-order valence-electron chi connectivity index (χ3n) is 3.60. The van der Waals surface area contributed by atoms with Crippen LogP contribution in [0, 0.1) is 0 Å². The Balaban J connectivity index is 1.95. The predicted octanol–water partition coefficient (Wildman–Crippen LogP) is 1.55. The Bertz CT molecular complexity index is 431. The van der Waals surface area contributed by atoms with Crippen LogP contribution in [-0.4, -0.2) is 52.0 Å². The van der Waals surface area contributed by atoms with E-state index in [0.29, 0.717) is 11.4 Å². The summed E-state index contributed by atoms with van der Waals surface area (Å²) in [5.41, 5.74) is 7.73. The second kappa shape index (κ2) is 7.36. The van der Waals surface area contributed by atoms with Crippen molar-refractivity contribution in [2.75, 3.05) is 52.8 Å². The average Bonchev–Trinajstić information content (AvgIpc) is 2.47. The first-order valence-electron chi connectivity index (χ1n) is 7.05. The second-order valence-electron chi connectivity index (χ2n) is 4.97. The normalized spacial score (nSPS) is 16.1. The summed E-state index contributed by atoms with van der Waals surface area (Å²) in [4.78, 5) is 2.43. The highest BCUT2D eigenvalue weighted by molar-refractivity contribution is 5.57. The molecule has 0 aromatic heterocycles. The minimum absolute atomic E-state index is 0.703. The molecule has 1 aromatic carbocycles. The highest BCUT2D eigenvalue weighted by Crippen LogP contribution is 2.34. The van der Waals surface area contributed by atoms with E-state index in [9.17, 15) is 0 Å². The number of nitrogen functional groups attached to an aromatic ring is 1. The van der Waals surface area contributed by atoms with Crippen molar-refractivity contribution < 1.29 is 14.2 Å². The Labute approximate surface area is 120 Å². The van der Waals surface area contributed by atoms with Crippen LogP contribution in [-0.2, 0) is 11.2 Å². The van der Waals surface area contributed by atoms with Gasteiger partial charge in [-0.3, -0.25) is 4.90 Å². The molecule has 0 radical (unpaired) electrons. The molecule has 112 valence electrons. The Morgan fingerprint density at radius 2 is 1.95 bits per heavy atom. The summed E-state index contributed by atoms with van der Waals surface area (Å²) >= 11 is 0. The number of nitrogens with zero attached hydrogens (tertiary/aromatic N) is 1. The van der Waals surface area contributed by atoms with Gasteiger partial charge in [0.25, 0.3) is 0 Å². The highest BCUT2D eigenvalue weighted by Gasteiger charge is 2.13. The van der Waals surface area contributed by atoms with Crippen molar-refractivity contribution in [2.45, 2.75) is 12.8 Å². The van der Waals surface area contributed by atoms with Gasteiger partial charge in [-0.25, -0.2) is 0 Å². The van der Waals surface area contributed by atoms with Crippen molar-refractivity contribution in [3.05, 3.63) is 17.7 Å². The van der Waals surface area contributed by atoms with Crippen LogP contribution < -0.4 is 15.2 Å². The molecule has 1 aliphatic heterocycles. The number of anilines is 1. The molecule has 1 saturated heterocycles. The summed E-state index contributed by atoms with van der Waals surface area (Å²) in [5, 5.41) is 0. The van der Waals surface area contributed by atoms with Crippen molar-refractivity contribution >= 4 is 5.69 Å². The summed E-state index contributed by atoms with van der Waals surface area (Å²) in [7, 11) is 3.30. The first-order valence-corrected chi connectivity index (χ1v) is 7.05. The van der Waals surface area contributed by atoms with E-state index >= 15 is 0 Å². The number of rotatable bonds is 6. The van der Waals surface area contributed by atoms with Gasteiger partial charge in [-0.2, -0.15) is 0 Å². The lowest BCUT2D eigenvalue weighted by atomic mass is 10.1. The van der Waals surface area contributed by atoms with Gasteiger partial charge in [0.15, 0.2) is 11.5 Å². The molecular weight excluding hydrogens is 256 g/mol. The molecule has 1 fully saturated rings. The molecule has 2 N–H and O–H groups in total. The van der Waals surface area contributed by atoms with E-state index in [2.05, 4.69) is 4.90 Å². The molecule has 0 atom stereocenters. The van der Waals surface area contributed by atoms with Crippen LogP contribution in [0.4, 0.5) is 5.69 Å². The molecule has 0 saturated carbocycles. The summed E-state index contributed by atoms with van der Waals surface area (Å²) in [6.45, 7) is 4.81. The zero-order valence-electron chi connectivity index (χ0n) is 12.4. The number of benzene rings is 1. The minimum atomic E-state index is 0.703. The Hall–Kier alpha value is -1.46. The smallest absolute Gasteiger partial charge is 0.164 e. The van der Waals surface area contributed by atoms with Crippen LogP contribution in [0.5, 0.6) is 11.5 Å². The van der Waals surface area contributed by atoms with E-state index in [1.807, 2.05) is 6.07 Å². The fraction of sp³-hybridized carbons (Fsp3) is 0.600. The Kier molecular flexibility index (Phi) is 5.49. The topological polar surface area (TPSA) is 57.0 Å². The molecule has 1 aliphatic rings. The number of nitrogens with two attached hydrogens (primary N) is 1. The summed E-state index contributed by atoms with van der Waals surface area (Å²) in [5.74, 6) is 1.50. The van der Waals surface area contributed by atoms with E-state index < -0.39 is 0 Å². The largest absolute Gasteiger partial charge is 0.493 e. The van der Waals surface area contributed by atoms with Gasteiger partial charge in [-0.15, -0.1) is 0 Å². The van der Waals surface area contributed by atoms with E-state index in [0.717, 1.165) is 57.0 Å². The number of hydrogen-bond acceptors (Lipinski definition) is 5. The fourth-order valence-corrected chi connectivity index (χ4v) is 2.57. The maximum absolute atomic E-state index is 5.91. The Morgan fingerprint density at radius 3 is 2.60 bits per heavy atom. The number of ether oxygens (including phenoxy) is 3. The molecule has 0 aliphatic carbocycles. The van der Waals surface area contributed by atoms with Gasteiger partial charge in [-0.1, -0.05) is 0 Å². The number of aryl methyl sites for hydroxylation is 1. The zero-order valence-corrected chi connectivity index (χ0v) is 12.4. The number of morpholine rings is 1. The first kappa shape index (κ1) is 14.9. The minimum Gasteiger partial charge on any atom is -0.493 e. The van der Waals surface area contributed by atoms with Gasteiger partial charge >= 0.3 is 0 Å². The Morgan fingerprint density at radius 1 is 1.20 bits per heavy atom. The lowest BCUT2D eigenvalue weighted by Gasteiger charge is -2.26. The fourth-order valence-electron chi connectivity index (χ4n) is 2.57. The first-order chi connectivity index (χ1) is 9.74. The lowest BCUT2D eigenvalue weighted by molar-refractivity contribution is 0.0374. The number of methoxy groups -OCH3 is 2. The van der Waals surface area contributed by atoms with Crippen LogP contribution in [0.2, 0.25) is 0 Å². The van der Waals surface area contributed by atoms with Gasteiger partial charge in [-0.05, 0) is 25.5 Å². The van der Waals surface area contributed by atoms with Crippen LogP contribution in [0.1, 0.15) is 12.0 Å². The quantitative estimate of drug-likeness (QED) is 0.801. The molecule has 2 rings (SSSR count). The standard InChI is InChI=1S/C15H24N2O3/c1-18-14-11-13(16)10-12(15(14)19-2)4-3-5-17-6-8-20-9-7-17/h10-11H,3-9,16H2,1-2H3. The molecule has 0 bridgehead atoms. The van der Waals surface area contributed by atoms with Crippen LogP contribution >= 0.6 is 0 Å². The molecule has 0 unspecified atom stereocenters. The van der Waals surface area contributed by atoms with E-state index in [1.54, 1.807) is 20.3 Å². The molecule has 0 amide bonds. The zero-order chi connectivity index (χ0) is 14.4. The van der Waals surface area contributed by atoms with Gasteiger partial charge in [0.05, 0.1) is 27.4 Å². The summed E-state index contributed by atoms with van der Waals surface area (Å²) in [6, 6.07) is 3.77. The van der Waals surface area contributed by atoms with E-state index in [4.69, 9.17) is 19.9 Å². The molecular formula is C15H24N2O3. The molecule has 1 heterocycles. The van der Waals surface area contributed by atoms with Gasteiger partial charge in [0, 0.05) is 30.4 Å². The average molecular weight is 280 g/mol. The molecule has 20 heavy (non-hydrogen) atoms. The SMILES string of the molecule is COc1cc(N)cc(CCCN2CCOCC2)c1OC. The maximum Gasteiger partial charge on any atom is 0.164 e. The van der Waals surface area contributed by atoms with Crippen molar-refractivity contribution in [3.63, 3.8) is 0 Å². The van der Waals surface area contributed by atoms with Crippen molar-refractivity contribution in [1.29, 1.82) is 0 Å². The summed E-state index contributed by atoms with van der Waals surface area (Å²) in [6.07, 6.45) is 2.00. The van der Waals surface area contributed by atoms with Crippen molar-refractivity contribution in [2.24, 2.45) is 0 Å². The van der Waals surface area contributed by atoms with Crippen LogP contribution in [0.3, 0.4) is 0 Å². The maximum atomic E-state index is 5.91. The molecule has 5 nitrogen and oxygen atoms in total. The third-order valence-corrected chi connectivity index (χ3v) is 3.60. The second-order valence-corrected chi connectivity index (χ2v) is 4.97. The van der Waals surface area contributed by atoms with E-state index in [1.165, 1.54) is 0 Å². The lowest BCUT2D eigenvalue weighted by Crippen LogP contribution is -2.36. The third kappa shape index (κ3) is 3.77. The van der Waals surface area contributed by atoms with Crippen molar-refractivity contribution in [1.82, 2.24) is 4.90 Å². The monoisotopic (exact) mass is 280 g/mol. The highest BCUT2D eigenvalue weighted by atomic mass is 16.5. The molecule has 5 heteroatoms. The van der Waals surface area contributed by atoms with Crippen molar-refractivity contribution in [3.8, 4) is 11.5 Å². The molecule has 0 spiro atoms. The van der Waals surface area contributed by atoms with Crippen LogP contribution in [0.15, 0.2) is 12.1 Å². The van der Waals surface area contributed by atoms with Crippen LogP contribution in [0.25, 0.3) is 0 Å². The van der Waals surface area contributed by atoms with E-state index in [-0.39, 0.29) is 0 Å².